The Labute approximate surface area is 145 Å². The summed E-state index contributed by atoms with van der Waals surface area (Å²) in [4.78, 5) is 20.8. The van der Waals surface area contributed by atoms with E-state index in [0.29, 0.717) is 29.6 Å². The van der Waals surface area contributed by atoms with E-state index in [1.54, 1.807) is 30.1 Å². The van der Waals surface area contributed by atoms with Crippen LogP contribution in [0, 0.1) is 13.8 Å². The zero-order valence-corrected chi connectivity index (χ0v) is 14.5. The maximum Gasteiger partial charge on any atom is 0.259 e. The number of unbranched alkanes of at least 4 members (excludes halogenated alkanes) is 1. The normalized spacial score (nSPS) is 10.8. The Morgan fingerprint density at radius 3 is 2.76 bits per heavy atom. The number of nitrogens with one attached hydrogen (secondary N) is 1. The molecule has 0 radical (unpaired) electrons. The van der Waals surface area contributed by atoms with E-state index in [-0.39, 0.29) is 5.91 Å². The van der Waals surface area contributed by atoms with Gasteiger partial charge in [0.25, 0.3) is 11.8 Å². The molecular formula is C17H20N6O2. The van der Waals surface area contributed by atoms with E-state index in [1.807, 2.05) is 13.0 Å². The molecule has 0 fully saturated rings. The number of aromatic nitrogens is 5. The molecule has 3 aromatic rings. The van der Waals surface area contributed by atoms with Gasteiger partial charge in [0, 0.05) is 12.7 Å². The fourth-order valence-corrected chi connectivity index (χ4v) is 2.39. The summed E-state index contributed by atoms with van der Waals surface area (Å²) in [6, 6.07) is 3.63. The summed E-state index contributed by atoms with van der Waals surface area (Å²) in [5.74, 6) is 1.49. The van der Waals surface area contributed by atoms with Crippen molar-refractivity contribution >= 4 is 5.91 Å². The molecule has 0 atom stereocenters. The summed E-state index contributed by atoms with van der Waals surface area (Å²) in [7, 11) is 0. The van der Waals surface area contributed by atoms with Crippen LogP contribution in [0.15, 0.2) is 29.0 Å². The quantitative estimate of drug-likeness (QED) is 0.692. The van der Waals surface area contributed by atoms with Crippen LogP contribution in [0.1, 0.15) is 41.6 Å². The monoisotopic (exact) mass is 340 g/mol. The summed E-state index contributed by atoms with van der Waals surface area (Å²) in [5.41, 5.74) is 2.02. The van der Waals surface area contributed by atoms with Crippen molar-refractivity contribution in [2.24, 2.45) is 0 Å². The summed E-state index contributed by atoms with van der Waals surface area (Å²) in [5, 5.41) is 10.9. The summed E-state index contributed by atoms with van der Waals surface area (Å²) >= 11 is 0. The van der Waals surface area contributed by atoms with Gasteiger partial charge in [-0.1, -0.05) is 18.5 Å². The third-order valence-electron chi connectivity index (χ3n) is 3.81. The lowest BCUT2D eigenvalue weighted by Crippen LogP contribution is -2.24. The zero-order valence-electron chi connectivity index (χ0n) is 14.5. The fraction of sp³-hybridized carbons (Fsp3) is 0.353. The van der Waals surface area contributed by atoms with Crippen LogP contribution in [-0.2, 0) is 0 Å². The zero-order chi connectivity index (χ0) is 17.8. The lowest BCUT2D eigenvalue weighted by Gasteiger charge is -2.06. The van der Waals surface area contributed by atoms with Gasteiger partial charge in [-0.2, -0.15) is 10.1 Å². The van der Waals surface area contributed by atoms with Gasteiger partial charge in [-0.25, -0.2) is 9.67 Å². The molecule has 3 aromatic heterocycles. The fourth-order valence-electron chi connectivity index (χ4n) is 2.39. The summed E-state index contributed by atoms with van der Waals surface area (Å²) < 4.78 is 6.76. The molecule has 0 saturated carbocycles. The van der Waals surface area contributed by atoms with E-state index in [2.05, 4.69) is 32.5 Å². The van der Waals surface area contributed by atoms with Gasteiger partial charge in [-0.3, -0.25) is 4.79 Å². The van der Waals surface area contributed by atoms with E-state index in [0.717, 1.165) is 24.1 Å². The van der Waals surface area contributed by atoms with Gasteiger partial charge in [0.2, 0.25) is 0 Å². The number of pyridine rings is 1. The lowest BCUT2D eigenvalue weighted by molar-refractivity contribution is 0.0952. The highest BCUT2D eigenvalue weighted by atomic mass is 16.5. The second kappa shape index (κ2) is 7.25. The number of hydrogen-bond acceptors (Lipinski definition) is 6. The Balaban J connectivity index is 1.79. The van der Waals surface area contributed by atoms with Crippen LogP contribution < -0.4 is 5.32 Å². The molecule has 8 nitrogen and oxygen atoms in total. The van der Waals surface area contributed by atoms with E-state index >= 15 is 0 Å². The van der Waals surface area contributed by atoms with E-state index in [9.17, 15) is 4.79 Å². The molecule has 3 heterocycles. The molecule has 0 aliphatic carbocycles. The van der Waals surface area contributed by atoms with Crippen LogP contribution in [0.4, 0.5) is 0 Å². The number of carbonyl (C=O) groups is 1. The first-order chi connectivity index (χ1) is 12.1. The molecule has 0 spiro atoms. The smallest absolute Gasteiger partial charge is 0.259 e. The van der Waals surface area contributed by atoms with Crippen molar-refractivity contribution in [2.45, 2.75) is 33.6 Å². The second-order valence-electron chi connectivity index (χ2n) is 5.72. The van der Waals surface area contributed by atoms with Crippen molar-refractivity contribution in [3.05, 3.63) is 41.6 Å². The Morgan fingerprint density at radius 1 is 1.28 bits per heavy atom. The molecule has 3 rings (SSSR count). The minimum absolute atomic E-state index is 0.116. The van der Waals surface area contributed by atoms with E-state index in [1.165, 1.54) is 0 Å². The van der Waals surface area contributed by atoms with Gasteiger partial charge in [-0.05, 0) is 32.4 Å². The number of carbonyl (C=O) groups excluding carboxylic acids is 1. The number of amides is 1. The van der Waals surface area contributed by atoms with Crippen molar-refractivity contribution in [2.75, 3.05) is 6.54 Å². The van der Waals surface area contributed by atoms with Crippen molar-refractivity contribution < 1.29 is 9.32 Å². The Morgan fingerprint density at radius 2 is 2.12 bits per heavy atom. The van der Waals surface area contributed by atoms with Crippen LogP contribution >= 0.6 is 0 Å². The van der Waals surface area contributed by atoms with Crippen molar-refractivity contribution in [3.8, 4) is 17.3 Å². The molecule has 0 bridgehead atoms. The first-order valence-corrected chi connectivity index (χ1v) is 8.20. The minimum Gasteiger partial charge on any atom is -0.352 e. The summed E-state index contributed by atoms with van der Waals surface area (Å²) in [6.45, 7) is 6.35. The van der Waals surface area contributed by atoms with Gasteiger partial charge in [-0.15, -0.1) is 0 Å². The molecule has 1 N–H and O–H groups in total. The minimum atomic E-state index is -0.116. The van der Waals surface area contributed by atoms with Crippen LogP contribution in [0.5, 0.6) is 0 Å². The van der Waals surface area contributed by atoms with Gasteiger partial charge in [0.15, 0.2) is 11.6 Å². The first-order valence-electron chi connectivity index (χ1n) is 8.20. The van der Waals surface area contributed by atoms with Crippen LogP contribution in [-0.4, -0.2) is 37.4 Å². The van der Waals surface area contributed by atoms with E-state index < -0.39 is 0 Å². The Hall–Kier alpha value is -3.03. The van der Waals surface area contributed by atoms with Gasteiger partial charge in [0.1, 0.15) is 0 Å². The predicted octanol–water partition coefficient (Wildman–Crippen LogP) is 2.46. The highest BCUT2D eigenvalue weighted by Crippen LogP contribution is 2.18. The standard InChI is InChI=1S/C17H20N6O2/c1-4-5-8-18-16(24)14-10-20-23(11(14)2)15-7-6-13(9-19-15)17-21-12(3)22-25-17/h6-7,9-10H,4-5,8H2,1-3H3,(H,18,24). The average molecular weight is 340 g/mol. The molecule has 0 aliphatic rings. The highest BCUT2D eigenvalue weighted by molar-refractivity contribution is 5.95. The molecule has 0 aromatic carbocycles. The number of rotatable bonds is 6. The van der Waals surface area contributed by atoms with Gasteiger partial charge < -0.3 is 9.84 Å². The van der Waals surface area contributed by atoms with Crippen LogP contribution in [0.25, 0.3) is 17.3 Å². The van der Waals surface area contributed by atoms with Crippen LogP contribution in [0.3, 0.4) is 0 Å². The van der Waals surface area contributed by atoms with Gasteiger partial charge >= 0.3 is 0 Å². The first kappa shape index (κ1) is 16.8. The predicted molar refractivity (Wildman–Crippen MR) is 91.4 cm³/mol. The second-order valence-corrected chi connectivity index (χ2v) is 5.72. The molecule has 8 heteroatoms. The van der Waals surface area contributed by atoms with Crippen molar-refractivity contribution in [1.29, 1.82) is 0 Å². The number of hydrogen-bond donors (Lipinski definition) is 1. The van der Waals surface area contributed by atoms with Crippen molar-refractivity contribution in [1.82, 2.24) is 30.2 Å². The maximum absolute atomic E-state index is 12.2. The largest absolute Gasteiger partial charge is 0.352 e. The Kier molecular flexibility index (Phi) is 4.87. The molecule has 0 aliphatic heterocycles. The molecule has 25 heavy (non-hydrogen) atoms. The van der Waals surface area contributed by atoms with Gasteiger partial charge in [0.05, 0.1) is 23.0 Å². The lowest BCUT2D eigenvalue weighted by atomic mass is 10.2. The molecule has 0 unspecified atom stereocenters. The molecule has 0 saturated heterocycles. The Bertz CT molecular complexity index is 866. The molecule has 130 valence electrons. The third kappa shape index (κ3) is 3.57. The third-order valence-corrected chi connectivity index (χ3v) is 3.81. The average Bonchev–Trinajstić information content (AvgIpc) is 3.21. The maximum atomic E-state index is 12.2. The SMILES string of the molecule is CCCCNC(=O)c1cnn(-c2ccc(-c3nc(C)no3)cn2)c1C. The highest BCUT2D eigenvalue weighted by Gasteiger charge is 2.15. The number of nitrogens with zero attached hydrogens (tertiary/aromatic N) is 5. The molecule has 1 amide bonds. The number of aryl methyl sites for hydroxylation is 1. The van der Waals surface area contributed by atoms with E-state index in [4.69, 9.17) is 4.52 Å². The summed E-state index contributed by atoms with van der Waals surface area (Å²) in [6.07, 6.45) is 5.20. The van der Waals surface area contributed by atoms with Crippen LogP contribution in [0.2, 0.25) is 0 Å². The van der Waals surface area contributed by atoms with Crippen molar-refractivity contribution in [3.63, 3.8) is 0 Å². The molecular weight excluding hydrogens is 320 g/mol. The topological polar surface area (TPSA) is 98.7 Å².